The van der Waals surface area contributed by atoms with Crippen molar-refractivity contribution in [3.8, 4) is 0 Å². The van der Waals surface area contributed by atoms with E-state index < -0.39 is 0 Å². The summed E-state index contributed by atoms with van der Waals surface area (Å²) >= 11 is 4.87. The summed E-state index contributed by atoms with van der Waals surface area (Å²) in [6, 6.07) is 5.78. The fourth-order valence-electron chi connectivity index (χ4n) is 2.46. The topological polar surface area (TPSA) is 29.3 Å². The van der Waals surface area contributed by atoms with E-state index in [2.05, 4.69) is 4.90 Å². The number of thiocarbonyl (C=S) groups is 1. The van der Waals surface area contributed by atoms with Gasteiger partial charge in [-0.05, 0) is 37.7 Å². The maximum atomic E-state index is 14.1. The van der Waals surface area contributed by atoms with E-state index in [0.29, 0.717) is 18.2 Å². The second kappa shape index (κ2) is 5.17. The monoisotopic (exact) mass is 278 g/mol. The lowest BCUT2D eigenvalue weighted by atomic mass is 10.1. The van der Waals surface area contributed by atoms with E-state index in [1.54, 1.807) is 0 Å². The Morgan fingerprint density at radius 2 is 2.05 bits per heavy atom. The zero-order chi connectivity index (χ0) is 13.4. The van der Waals surface area contributed by atoms with Gasteiger partial charge >= 0.3 is 0 Å². The van der Waals surface area contributed by atoms with Crippen LogP contribution in [0.5, 0.6) is 0 Å². The molecule has 1 aromatic rings. The number of hydrogen-bond donors (Lipinski definition) is 1. The van der Waals surface area contributed by atoms with Gasteiger partial charge in [-0.1, -0.05) is 24.4 Å². The molecule has 0 heterocycles. The number of nitrogens with two attached hydrogens (primary N) is 1. The fraction of sp³-hybridized carbons (Fsp3) is 0.533. The molecule has 0 atom stereocenters. The molecule has 0 aliphatic heterocycles. The third-order valence-electron chi connectivity index (χ3n) is 3.96. The third kappa shape index (κ3) is 3.31. The first kappa shape index (κ1) is 13.0. The minimum Gasteiger partial charge on any atom is -0.389 e. The molecule has 2 fully saturated rings. The molecule has 2 N–H and O–H groups in total. The van der Waals surface area contributed by atoms with Crippen LogP contribution in [0.3, 0.4) is 0 Å². The summed E-state index contributed by atoms with van der Waals surface area (Å²) in [7, 11) is 0. The van der Waals surface area contributed by atoms with Gasteiger partial charge < -0.3 is 5.73 Å². The van der Waals surface area contributed by atoms with Crippen LogP contribution in [-0.4, -0.2) is 22.5 Å². The van der Waals surface area contributed by atoms with Gasteiger partial charge in [0.05, 0.1) is 0 Å². The Morgan fingerprint density at radius 1 is 1.32 bits per heavy atom. The molecule has 0 unspecified atom stereocenters. The molecule has 0 bridgehead atoms. The summed E-state index contributed by atoms with van der Waals surface area (Å²) in [6.07, 6.45) is 5.21. The molecule has 0 saturated heterocycles. The van der Waals surface area contributed by atoms with Gasteiger partial charge in [0.1, 0.15) is 10.8 Å². The van der Waals surface area contributed by atoms with E-state index >= 15 is 0 Å². The zero-order valence-electron chi connectivity index (χ0n) is 10.9. The predicted octanol–water partition coefficient (Wildman–Crippen LogP) is 2.83. The number of rotatable bonds is 6. The maximum absolute atomic E-state index is 14.1. The minimum absolute atomic E-state index is 0.188. The molecular weight excluding hydrogens is 259 g/mol. The van der Waals surface area contributed by atoms with Crippen LogP contribution in [0.15, 0.2) is 18.2 Å². The molecule has 3 rings (SSSR count). The van der Waals surface area contributed by atoms with Crippen LogP contribution in [0, 0.1) is 11.7 Å². The normalized spacial score (nSPS) is 18.8. The molecule has 2 aliphatic rings. The van der Waals surface area contributed by atoms with E-state index in [0.717, 1.165) is 18.0 Å². The Labute approximate surface area is 118 Å². The Kier molecular flexibility index (Phi) is 3.54. The van der Waals surface area contributed by atoms with Crippen LogP contribution in [-0.2, 0) is 6.54 Å². The quantitative estimate of drug-likeness (QED) is 0.811. The van der Waals surface area contributed by atoms with Gasteiger partial charge in [0.2, 0.25) is 0 Å². The lowest BCUT2D eigenvalue weighted by Gasteiger charge is -2.22. The zero-order valence-corrected chi connectivity index (χ0v) is 11.8. The summed E-state index contributed by atoms with van der Waals surface area (Å²) in [5.41, 5.74) is 6.89. The van der Waals surface area contributed by atoms with Gasteiger partial charge in [-0.3, -0.25) is 4.90 Å². The third-order valence-corrected chi connectivity index (χ3v) is 4.20. The second-order valence-electron chi connectivity index (χ2n) is 5.77. The van der Waals surface area contributed by atoms with E-state index in [-0.39, 0.29) is 10.8 Å². The highest BCUT2D eigenvalue weighted by Gasteiger charge is 2.33. The molecule has 4 heteroatoms. The Bertz CT molecular complexity index is 495. The van der Waals surface area contributed by atoms with Gasteiger partial charge in [-0.15, -0.1) is 0 Å². The smallest absolute Gasteiger partial charge is 0.128 e. The first-order valence-electron chi connectivity index (χ1n) is 6.96. The van der Waals surface area contributed by atoms with Crippen molar-refractivity contribution in [3.05, 3.63) is 35.1 Å². The van der Waals surface area contributed by atoms with Crippen LogP contribution in [0.2, 0.25) is 0 Å². The SMILES string of the molecule is NC(=S)c1ccc(CN(CC2CC2)C2CC2)c(F)c1. The number of halogens is 1. The first-order valence-corrected chi connectivity index (χ1v) is 7.36. The average Bonchev–Trinajstić information content (AvgIpc) is 3.24. The largest absolute Gasteiger partial charge is 0.389 e. The minimum atomic E-state index is -0.188. The average molecular weight is 278 g/mol. The Balaban J connectivity index is 1.71. The molecular formula is C15H19FN2S. The van der Waals surface area contributed by atoms with Crippen molar-refractivity contribution in [1.29, 1.82) is 0 Å². The molecule has 0 amide bonds. The maximum Gasteiger partial charge on any atom is 0.128 e. The van der Waals surface area contributed by atoms with Crippen molar-refractivity contribution >= 4 is 17.2 Å². The van der Waals surface area contributed by atoms with E-state index in [4.69, 9.17) is 18.0 Å². The molecule has 0 radical (unpaired) electrons. The lowest BCUT2D eigenvalue weighted by Crippen LogP contribution is -2.28. The molecule has 19 heavy (non-hydrogen) atoms. The number of nitrogens with zero attached hydrogens (tertiary/aromatic N) is 1. The molecule has 2 aliphatic carbocycles. The van der Waals surface area contributed by atoms with Gasteiger partial charge in [-0.2, -0.15) is 0 Å². The lowest BCUT2D eigenvalue weighted by molar-refractivity contribution is 0.241. The highest BCUT2D eigenvalue weighted by molar-refractivity contribution is 7.80. The van der Waals surface area contributed by atoms with Gasteiger partial charge in [0.15, 0.2) is 0 Å². The molecule has 1 aromatic carbocycles. The predicted molar refractivity (Wildman–Crippen MR) is 78.4 cm³/mol. The van der Waals surface area contributed by atoms with Gasteiger partial charge in [-0.25, -0.2) is 4.39 Å². The molecule has 2 saturated carbocycles. The number of hydrogen-bond acceptors (Lipinski definition) is 2. The summed E-state index contributed by atoms with van der Waals surface area (Å²) in [5, 5.41) is 0. The van der Waals surface area contributed by atoms with Crippen molar-refractivity contribution < 1.29 is 4.39 Å². The van der Waals surface area contributed by atoms with Crippen molar-refractivity contribution in [2.24, 2.45) is 11.7 Å². The van der Waals surface area contributed by atoms with Crippen LogP contribution in [0.25, 0.3) is 0 Å². The van der Waals surface area contributed by atoms with Crippen LogP contribution < -0.4 is 5.73 Å². The van der Waals surface area contributed by atoms with E-state index in [9.17, 15) is 4.39 Å². The second-order valence-corrected chi connectivity index (χ2v) is 6.21. The fourth-order valence-corrected chi connectivity index (χ4v) is 2.59. The Hall–Kier alpha value is -1.00. The van der Waals surface area contributed by atoms with Crippen LogP contribution in [0.4, 0.5) is 4.39 Å². The highest BCUT2D eigenvalue weighted by atomic mass is 32.1. The first-order chi connectivity index (χ1) is 9.13. The summed E-state index contributed by atoms with van der Waals surface area (Å²) in [6.45, 7) is 1.84. The van der Waals surface area contributed by atoms with E-state index in [1.165, 1.54) is 31.7 Å². The van der Waals surface area contributed by atoms with Gasteiger partial charge in [0, 0.05) is 30.3 Å². The van der Waals surface area contributed by atoms with Gasteiger partial charge in [0.25, 0.3) is 0 Å². The van der Waals surface area contributed by atoms with E-state index in [1.807, 2.05) is 12.1 Å². The summed E-state index contributed by atoms with van der Waals surface area (Å²) < 4.78 is 14.1. The summed E-state index contributed by atoms with van der Waals surface area (Å²) in [4.78, 5) is 2.69. The van der Waals surface area contributed by atoms with Crippen LogP contribution in [0.1, 0.15) is 36.8 Å². The van der Waals surface area contributed by atoms with Crippen LogP contribution >= 0.6 is 12.2 Å². The van der Waals surface area contributed by atoms with Crippen molar-refractivity contribution in [1.82, 2.24) is 4.90 Å². The molecule has 102 valence electrons. The van der Waals surface area contributed by atoms with Crippen molar-refractivity contribution in [2.45, 2.75) is 38.3 Å². The van der Waals surface area contributed by atoms with Crippen molar-refractivity contribution in [3.63, 3.8) is 0 Å². The van der Waals surface area contributed by atoms with Crippen molar-refractivity contribution in [2.75, 3.05) is 6.54 Å². The highest BCUT2D eigenvalue weighted by Crippen LogP contribution is 2.35. The number of benzene rings is 1. The molecule has 0 aromatic heterocycles. The molecule has 2 nitrogen and oxygen atoms in total. The Morgan fingerprint density at radius 3 is 2.58 bits per heavy atom. The standard InChI is InChI=1S/C15H19FN2S/c16-14-7-11(15(17)19)3-4-12(14)9-18(13-5-6-13)8-10-1-2-10/h3-4,7,10,13H,1-2,5-6,8-9H2,(H2,17,19). The molecule has 0 spiro atoms. The summed E-state index contributed by atoms with van der Waals surface area (Å²) in [5.74, 6) is 0.659.